The smallest absolute Gasteiger partial charge is 0.319 e. The molecule has 1 saturated heterocycles. The van der Waals surface area contributed by atoms with Crippen LogP contribution in [0.5, 0.6) is 0 Å². The molecule has 168 valence electrons. The molecule has 2 amide bonds. The van der Waals surface area contributed by atoms with E-state index < -0.39 is 0 Å². The van der Waals surface area contributed by atoms with Crippen molar-refractivity contribution in [3.05, 3.63) is 70.5 Å². The van der Waals surface area contributed by atoms with E-state index >= 15 is 0 Å². The van der Waals surface area contributed by atoms with Gasteiger partial charge in [-0.1, -0.05) is 35.9 Å². The largest absolute Gasteiger partial charge is 0.347 e. The van der Waals surface area contributed by atoms with Crippen LogP contribution < -0.4 is 15.5 Å². The van der Waals surface area contributed by atoms with Crippen molar-refractivity contribution in [2.75, 3.05) is 29.9 Å². The van der Waals surface area contributed by atoms with Crippen LogP contribution >= 0.6 is 11.5 Å². The maximum Gasteiger partial charge on any atom is 0.319 e. The van der Waals surface area contributed by atoms with Crippen molar-refractivity contribution in [2.45, 2.75) is 40.0 Å². The summed E-state index contributed by atoms with van der Waals surface area (Å²) < 4.78 is 4.56. The highest BCUT2D eigenvalue weighted by atomic mass is 32.1. The summed E-state index contributed by atoms with van der Waals surface area (Å²) in [5.41, 5.74) is 5.73. The molecule has 32 heavy (non-hydrogen) atoms. The number of hydrogen-bond donors (Lipinski definition) is 2. The van der Waals surface area contributed by atoms with E-state index in [1.165, 1.54) is 33.8 Å². The maximum atomic E-state index is 12.3. The normalized spacial score (nSPS) is 14.4. The summed E-state index contributed by atoms with van der Waals surface area (Å²) in [5, 5.41) is 6.97. The van der Waals surface area contributed by atoms with Gasteiger partial charge in [-0.15, -0.1) is 0 Å². The Labute approximate surface area is 194 Å². The molecule has 1 fully saturated rings. The monoisotopic (exact) mass is 449 g/mol. The molecule has 0 aliphatic carbocycles. The number of hydrogen-bond acceptors (Lipinski definition) is 5. The van der Waals surface area contributed by atoms with Crippen LogP contribution in [0.1, 0.15) is 40.9 Å². The summed E-state index contributed by atoms with van der Waals surface area (Å²) in [6.45, 7) is 8.81. The minimum Gasteiger partial charge on any atom is -0.347 e. The van der Waals surface area contributed by atoms with Crippen molar-refractivity contribution in [2.24, 2.45) is 5.92 Å². The van der Waals surface area contributed by atoms with Gasteiger partial charge in [-0.05, 0) is 68.4 Å². The lowest BCUT2D eigenvalue weighted by molar-refractivity contribution is 0.248. The van der Waals surface area contributed by atoms with Crippen LogP contribution in [0.15, 0.2) is 42.5 Å². The van der Waals surface area contributed by atoms with E-state index in [2.05, 4.69) is 64.9 Å². The van der Waals surface area contributed by atoms with Gasteiger partial charge in [0.15, 0.2) is 0 Å². The lowest BCUT2D eigenvalue weighted by Crippen LogP contribution is -2.39. The molecule has 0 radical (unpaired) electrons. The van der Waals surface area contributed by atoms with Crippen molar-refractivity contribution in [3.8, 4) is 0 Å². The number of aromatic nitrogens is 2. The number of piperidine rings is 1. The number of nitrogens with zero attached hydrogens (tertiary/aromatic N) is 3. The molecule has 3 aromatic rings. The quantitative estimate of drug-likeness (QED) is 0.550. The molecule has 6 nitrogen and oxygen atoms in total. The molecule has 0 bridgehead atoms. The lowest BCUT2D eigenvalue weighted by Gasteiger charge is -2.31. The Kier molecular flexibility index (Phi) is 7.05. The first-order valence-electron chi connectivity index (χ1n) is 11.2. The van der Waals surface area contributed by atoms with Gasteiger partial charge in [-0.2, -0.15) is 4.37 Å². The van der Waals surface area contributed by atoms with E-state index in [0.717, 1.165) is 49.0 Å². The van der Waals surface area contributed by atoms with E-state index in [-0.39, 0.29) is 6.03 Å². The number of rotatable bonds is 6. The van der Waals surface area contributed by atoms with Gasteiger partial charge in [0.1, 0.15) is 5.82 Å². The summed E-state index contributed by atoms with van der Waals surface area (Å²) in [4.78, 5) is 19.3. The zero-order valence-electron chi connectivity index (χ0n) is 19.0. The fraction of sp³-hybridized carbons (Fsp3) is 0.400. The minimum absolute atomic E-state index is 0.138. The molecule has 2 N–H and O–H groups in total. The first-order chi connectivity index (χ1) is 15.5. The zero-order valence-corrected chi connectivity index (χ0v) is 19.8. The SMILES string of the molecule is Cc1ccc(Cc2nsc(N3CCC(CNC(=O)Nc4ccc(C)c(C)c4)CC3)n2)cc1. The Morgan fingerprint density at radius 3 is 2.53 bits per heavy atom. The number of nitrogens with one attached hydrogen (secondary N) is 2. The van der Waals surface area contributed by atoms with E-state index in [4.69, 9.17) is 4.98 Å². The second kappa shape index (κ2) is 10.1. The third-order valence-corrected chi connectivity index (χ3v) is 6.96. The van der Waals surface area contributed by atoms with Gasteiger partial charge in [0, 0.05) is 43.3 Å². The van der Waals surface area contributed by atoms with Crippen LogP contribution in [-0.2, 0) is 6.42 Å². The molecular weight excluding hydrogens is 418 g/mol. The van der Waals surface area contributed by atoms with E-state index in [0.29, 0.717) is 12.5 Å². The Bertz CT molecular complexity index is 1050. The highest BCUT2D eigenvalue weighted by molar-refractivity contribution is 7.09. The summed E-state index contributed by atoms with van der Waals surface area (Å²) in [6, 6.07) is 14.4. The van der Waals surface area contributed by atoms with Gasteiger partial charge in [-0.25, -0.2) is 9.78 Å². The van der Waals surface area contributed by atoms with Crippen molar-refractivity contribution >= 4 is 28.4 Å². The highest BCUT2D eigenvalue weighted by Gasteiger charge is 2.22. The van der Waals surface area contributed by atoms with Gasteiger partial charge in [0.05, 0.1) is 0 Å². The standard InChI is InChI=1S/C25H31N5OS/c1-17-4-7-20(8-5-17)15-23-28-25(32-29-23)30-12-10-21(11-13-30)16-26-24(31)27-22-9-6-18(2)19(3)14-22/h4-9,14,21H,10-13,15-16H2,1-3H3,(H2,26,27,31). The average Bonchev–Trinajstić information content (AvgIpc) is 3.25. The first kappa shape index (κ1) is 22.3. The number of urea groups is 1. The molecule has 4 rings (SSSR count). The lowest BCUT2D eigenvalue weighted by atomic mass is 9.97. The topological polar surface area (TPSA) is 70.2 Å². The summed E-state index contributed by atoms with van der Waals surface area (Å²) in [6.07, 6.45) is 2.85. The number of carbonyl (C=O) groups is 1. The zero-order chi connectivity index (χ0) is 22.5. The Morgan fingerprint density at radius 2 is 1.81 bits per heavy atom. The molecule has 2 heterocycles. The second-order valence-electron chi connectivity index (χ2n) is 8.72. The third-order valence-electron chi connectivity index (χ3n) is 6.14. The van der Waals surface area contributed by atoms with E-state index in [1.54, 1.807) is 0 Å². The van der Waals surface area contributed by atoms with Crippen molar-refractivity contribution < 1.29 is 4.79 Å². The third kappa shape index (κ3) is 5.85. The highest BCUT2D eigenvalue weighted by Crippen LogP contribution is 2.25. The summed E-state index contributed by atoms with van der Waals surface area (Å²) in [5.74, 6) is 1.37. The molecule has 1 aliphatic rings. The van der Waals surface area contributed by atoms with Crippen LogP contribution in [0.4, 0.5) is 15.6 Å². The fourth-order valence-electron chi connectivity index (χ4n) is 3.89. The van der Waals surface area contributed by atoms with Crippen LogP contribution in [-0.4, -0.2) is 35.0 Å². The predicted octanol–water partition coefficient (Wildman–Crippen LogP) is 5.09. The first-order valence-corrected chi connectivity index (χ1v) is 12.0. The molecule has 0 atom stereocenters. The molecule has 2 aromatic carbocycles. The summed E-state index contributed by atoms with van der Waals surface area (Å²) in [7, 11) is 0. The van der Waals surface area contributed by atoms with Gasteiger partial charge >= 0.3 is 6.03 Å². The Morgan fingerprint density at radius 1 is 1.06 bits per heavy atom. The van der Waals surface area contributed by atoms with Gasteiger partial charge in [0.25, 0.3) is 0 Å². The number of aryl methyl sites for hydroxylation is 3. The maximum absolute atomic E-state index is 12.3. The van der Waals surface area contributed by atoms with Crippen LogP contribution in [0, 0.1) is 26.7 Å². The molecule has 1 aliphatic heterocycles. The van der Waals surface area contributed by atoms with Gasteiger partial charge in [0.2, 0.25) is 5.13 Å². The molecule has 0 spiro atoms. The number of carbonyl (C=O) groups excluding carboxylic acids is 1. The van der Waals surface area contributed by atoms with Crippen molar-refractivity contribution in [1.82, 2.24) is 14.7 Å². The number of amides is 2. The molecule has 1 aromatic heterocycles. The van der Waals surface area contributed by atoms with Gasteiger partial charge in [-0.3, -0.25) is 0 Å². The molecule has 0 saturated carbocycles. The van der Waals surface area contributed by atoms with E-state index in [9.17, 15) is 4.79 Å². The Balaban J connectivity index is 1.21. The second-order valence-corrected chi connectivity index (χ2v) is 9.45. The van der Waals surface area contributed by atoms with E-state index in [1.807, 2.05) is 18.2 Å². The minimum atomic E-state index is -0.138. The number of anilines is 2. The summed E-state index contributed by atoms with van der Waals surface area (Å²) >= 11 is 1.49. The van der Waals surface area contributed by atoms with Crippen molar-refractivity contribution in [3.63, 3.8) is 0 Å². The average molecular weight is 450 g/mol. The Hall–Kier alpha value is -2.93. The number of benzene rings is 2. The molecule has 0 unspecified atom stereocenters. The van der Waals surface area contributed by atoms with Crippen molar-refractivity contribution in [1.29, 1.82) is 0 Å². The predicted molar refractivity (Wildman–Crippen MR) is 132 cm³/mol. The van der Waals surface area contributed by atoms with Crippen LogP contribution in [0.25, 0.3) is 0 Å². The van der Waals surface area contributed by atoms with Gasteiger partial charge < -0.3 is 15.5 Å². The molecular formula is C25H31N5OS. The molecule has 7 heteroatoms. The van der Waals surface area contributed by atoms with Crippen LogP contribution in [0.2, 0.25) is 0 Å². The fourth-order valence-corrected chi connectivity index (χ4v) is 4.63. The van der Waals surface area contributed by atoms with Crippen LogP contribution in [0.3, 0.4) is 0 Å².